The lowest BCUT2D eigenvalue weighted by molar-refractivity contribution is -0.126. The molecule has 0 aliphatic rings. The summed E-state index contributed by atoms with van der Waals surface area (Å²) >= 11 is 1.13. The highest BCUT2D eigenvalue weighted by Crippen LogP contribution is 2.14. The molecule has 2 N–H and O–H groups in total. The molecule has 0 atom stereocenters. The van der Waals surface area contributed by atoms with Crippen LogP contribution >= 0.6 is 11.3 Å². The first-order valence-electron chi connectivity index (χ1n) is 8.67. The van der Waals surface area contributed by atoms with E-state index >= 15 is 0 Å². The predicted octanol–water partition coefficient (Wildman–Crippen LogP) is 2.57. The smallest absolute Gasteiger partial charge is 0.286 e. The van der Waals surface area contributed by atoms with Crippen molar-refractivity contribution in [1.82, 2.24) is 15.5 Å². The molecule has 146 valence electrons. The van der Waals surface area contributed by atoms with E-state index in [1.807, 2.05) is 37.3 Å². The number of carbonyl (C=O) groups excluding carboxylic acids is 2. The first-order chi connectivity index (χ1) is 13.6. The highest BCUT2D eigenvalue weighted by molar-refractivity contribution is 7.13. The molecule has 1 aromatic carbocycles. The van der Waals surface area contributed by atoms with Gasteiger partial charge >= 0.3 is 0 Å². The number of anilines is 1. The molecule has 0 bridgehead atoms. The van der Waals surface area contributed by atoms with Gasteiger partial charge in [-0.05, 0) is 31.2 Å². The van der Waals surface area contributed by atoms with Gasteiger partial charge in [0, 0.05) is 18.7 Å². The third-order valence-electron chi connectivity index (χ3n) is 3.70. The van der Waals surface area contributed by atoms with Crippen LogP contribution in [0, 0.1) is 6.92 Å². The van der Waals surface area contributed by atoms with Crippen LogP contribution in [0.4, 0.5) is 5.69 Å². The van der Waals surface area contributed by atoms with Crippen molar-refractivity contribution in [3.63, 3.8) is 0 Å². The second-order valence-corrected chi connectivity index (χ2v) is 7.06. The summed E-state index contributed by atoms with van der Waals surface area (Å²) < 4.78 is 10.5. The second-order valence-electron chi connectivity index (χ2n) is 5.99. The number of aromatic nitrogens is 2. The monoisotopic (exact) mass is 400 g/mol. The van der Waals surface area contributed by atoms with Gasteiger partial charge in [-0.2, -0.15) is 0 Å². The Morgan fingerprint density at radius 1 is 1.18 bits per heavy atom. The number of ether oxygens (including phenoxy) is 1. The van der Waals surface area contributed by atoms with Crippen molar-refractivity contribution in [3.05, 3.63) is 64.0 Å². The lowest BCUT2D eigenvalue weighted by atomic mass is 10.2. The van der Waals surface area contributed by atoms with Crippen LogP contribution in [-0.2, 0) is 22.6 Å². The maximum Gasteiger partial charge on any atom is 0.286 e. The van der Waals surface area contributed by atoms with Crippen LogP contribution in [0.25, 0.3) is 0 Å². The molecule has 0 unspecified atom stereocenters. The van der Waals surface area contributed by atoms with Crippen molar-refractivity contribution in [3.8, 4) is 0 Å². The fourth-order valence-corrected chi connectivity index (χ4v) is 2.96. The summed E-state index contributed by atoms with van der Waals surface area (Å²) in [5, 5.41) is 14.1. The minimum Gasteiger partial charge on any atom is -0.469 e. The Morgan fingerprint density at radius 3 is 2.75 bits per heavy atom. The first-order valence-corrected chi connectivity index (χ1v) is 9.49. The molecule has 3 aromatic rings. The van der Waals surface area contributed by atoms with E-state index in [-0.39, 0.29) is 30.0 Å². The summed E-state index contributed by atoms with van der Waals surface area (Å²) in [7, 11) is 0. The molecular weight excluding hydrogens is 380 g/mol. The lowest BCUT2D eigenvalue weighted by Crippen LogP contribution is -2.29. The van der Waals surface area contributed by atoms with Gasteiger partial charge in [0.25, 0.3) is 5.91 Å². The Balaban J connectivity index is 1.37. The van der Waals surface area contributed by atoms with Crippen LogP contribution in [0.5, 0.6) is 0 Å². The van der Waals surface area contributed by atoms with Gasteiger partial charge in [-0.25, -0.2) is 0 Å². The number of rotatable bonds is 9. The summed E-state index contributed by atoms with van der Waals surface area (Å²) in [6.07, 6.45) is 2.21. The lowest BCUT2D eigenvalue weighted by Gasteiger charge is -2.04. The molecule has 2 amide bonds. The van der Waals surface area contributed by atoms with E-state index in [0.717, 1.165) is 22.7 Å². The Labute approximate surface area is 165 Å². The van der Waals surface area contributed by atoms with E-state index in [0.29, 0.717) is 23.7 Å². The Bertz CT molecular complexity index is 906. The number of carbonyl (C=O) groups is 2. The van der Waals surface area contributed by atoms with Gasteiger partial charge in [-0.1, -0.05) is 29.0 Å². The molecule has 9 heteroatoms. The molecule has 0 aliphatic carbocycles. The van der Waals surface area contributed by atoms with Crippen molar-refractivity contribution in [2.75, 3.05) is 18.5 Å². The number of hydrogen-bond acceptors (Lipinski definition) is 7. The molecule has 0 saturated heterocycles. The van der Waals surface area contributed by atoms with Crippen molar-refractivity contribution in [2.45, 2.75) is 20.0 Å². The van der Waals surface area contributed by atoms with E-state index in [4.69, 9.17) is 9.15 Å². The van der Waals surface area contributed by atoms with Crippen LogP contribution in [0.1, 0.15) is 26.1 Å². The highest BCUT2D eigenvalue weighted by atomic mass is 32.1. The van der Waals surface area contributed by atoms with Crippen LogP contribution in [0.3, 0.4) is 0 Å². The molecule has 2 aromatic heterocycles. The van der Waals surface area contributed by atoms with Gasteiger partial charge in [-0.15, -0.1) is 10.2 Å². The minimum atomic E-state index is -0.330. The molecule has 28 heavy (non-hydrogen) atoms. The number of benzene rings is 1. The van der Waals surface area contributed by atoms with Crippen molar-refractivity contribution < 1.29 is 18.7 Å². The number of aryl methyl sites for hydroxylation is 1. The van der Waals surface area contributed by atoms with Gasteiger partial charge in [0.2, 0.25) is 10.9 Å². The van der Waals surface area contributed by atoms with Gasteiger partial charge in [0.1, 0.15) is 24.0 Å². The summed E-state index contributed by atoms with van der Waals surface area (Å²) in [4.78, 5) is 23.9. The normalized spacial score (nSPS) is 10.6. The average molecular weight is 400 g/mol. The topological polar surface area (TPSA) is 106 Å². The standard InChI is InChI=1S/C19H20N4O4S/c1-13-4-6-14(7-5-13)21-18(25)19-23-22-17(28-19)12-26-11-16(24)20-9-8-15-3-2-10-27-15/h2-7,10H,8-9,11-12H2,1H3,(H,20,24)(H,21,25). The molecule has 8 nitrogen and oxygen atoms in total. The van der Waals surface area contributed by atoms with Gasteiger partial charge in [0.15, 0.2) is 0 Å². The highest BCUT2D eigenvalue weighted by Gasteiger charge is 2.13. The van der Waals surface area contributed by atoms with Crippen LogP contribution in [-0.4, -0.2) is 35.2 Å². The summed E-state index contributed by atoms with van der Waals surface area (Å²) in [6.45, 7) is 2.46. The third kappa shape index (κ3) is 6.00. The van der Waals surface area contributed by atoms with Gasteiger partial charge in [0.05, 0.1) is 6.26 Å². The summed E-state index contributed by atoms with van der Waals surface area (Å²) in [6, 6.07) is 11.1. The molecule has 0 radical (unpaired) electrons. The number of nitrogens with zero attached hydrogens (tertiary/aromatic N) is 2. The van der Waals surface area contributed by atoms with Crippen LogP contribution in [0.2, 0.25) is 0 Å². The minimum absolute atomic E-state index is 0.0946. The van der Waals surface area contributed by atoms with E-state index in [2.05, 4.69) is 20.8 Å². The van der Waals surface area contributed by atoms with Gasteiger partial charge in [-0.3, -0.25) is 9.59 Å². The Morgan fingerprint density at radius 2 is 2.00 bits per heavy atom. The summed E-state index contributed by atoms with van der Waals surface area (Å²) in [5.74, 6) is 0.253. The fraction of sp³-hybridized carbons (Fsp3) is 0.263. The number of hydrogen-bond donors (Lipinski definition) is 2. The average Bonchev–Trinajstić information content (AvgIpc) is 3.36. The Kier molecular flexibility index (Phi) is 6.88. The first kappa shape index (κ1) is 19.7. The second kappa shape index (κ2) is 9.77. The summed E-state index contributed by atoms with van der Waals surface area (Å²) in [5.41, 5.74) is 1.80. The molecule has 0 fully saturated rings. The Hall–Kier alpha value is -3.04. The van der Waals surface area contributed by atoms with E-state index < -0.39 is 0 Å². The fourth-order valence-electron chi connectivity index (χ4n) is 2.29. The zero-order valence-corrected chi connectivity index (χ0v) is 16.1. The molecule has 3 rings (SSSR count). The number of nitrogens with one attached hydrogen (secondary N) is 2. The quantitative estimate of drug-likeness (QED) is 0.572. The zero-order chi connectivity index (χ0) is 19.8. The predicted molar refractivity (Wildman–Crippen MR) is 104 cm³/mol. The molecule has 0 aliphatic heterocycles. The largest absolute Gasteiger partial charge is 0.469 e. The van der Waals surface area contributed by atoms with E-state index in [9.17, 15) is 9.59 Å². The number of amides is 2. The van der Waals surface area contributed by atoms with Crippen molar-refractivity contribution in [1.29, 1.82) is 0 Å². The zero-order valence-electron chi connectivity index (χ0n) is 15.3. The van der Waals surface area contributed by atoms with Gasteiger partial charge < -0.3 is 19.8 Å². The van der Waals surface area contributed by atoms with E-state index in [1.54, 1.807) is 12.3 Å². The van der Waals surface area contributed by atoms with E-state index in [1.165, 1.54) is 0 Å². The third-order valence-corrected chi connectivity index (χ3v) is 4.60. The van der Waals surface area contributed by atoms with Crippen LogP contribution in [0.15, 0.2) is 47.1 Å². The molecular formula is C19H20N4O4S. The maximum absolute atomic E-state index is 12.2. The SMILES string of the molecule is Cc1ccc(NC(=O)c2nnc(COCC(=O)NCCc3ccco3)s2)cc1. The number of furan rings is 1. The molecule has 0 saturated carbocycles. The van der Waals surface area contributed by atoms with Crippen molar-refractivity contribution in [2.24, 2.45) is 0 Å². The molecule has 0 spiro atoms. The molecule has 2 heterocycles. The van der Waals surface area contributed by atoms with Crippen molar-refractivity contribution >= 4 is 28.8 Å². The maximum atomic E-state index is 12.2. The van der Waals surface area contributed by atoms with Crippen LogP contribution < -0.4 is 10.6 Å².